The molecular formula is C19H20N4O3. The maximum Gasteiger partial charge on any atom is 0.257 e. The highest BCUT2D eigenvalue weighted by atomic mass is 16.5. The normalized spacial score (nSPS) is 15.1. The Labute approximate surface area is 150 Å². The highest BCUT2D eigenvalue weighted by Crippen LogP contribution is 2.20. The summed E-state index contributed by atoms with van der Waals surface area (Å²) in [6, 6.07) is 9.14. The number of amides is 1. The summed E-state index contributed by atoms with van der Waals surface area (Å²) in [7, 11) is 1.89. The minimum absolute atomic E-state index is 0.127. The van der Waals surface area contributed by atoms with Gasteiger partial charge in [-0.25, -0.2) is 4.98 Å². The van der Waals surface area contributed by atoms with E-state index in [1.54, 1.807) is 23.0 Å². The van der Waals surface area contributed by atoms with Crippen molar-refractivity contribution < 1.29 is 14.3 Å². The molecule has 134 valence electrons. The smallest absolute Gasteiger partial charge is 0.257 e. The summed E-state index contributed by atoms with van der Waals surface area (Å²) in [5.41, 5.74) is 2.22. The van der Waals surface area contributed by atoms with E-state index in [9.17, 15) is 4.79 Å². The van der Waals surface area contributed by atoms with Gasteiger partial charge in [-0.2, -0.15) is 5.10 Å². The van der Waals surface area contributed by atoms with Gasteiger partial charge in [0, 0.05) is 43.2 Å². The Bertz CT molecular complexity index is 914. The van der Waals surface area contributed by atoms with Gasteiger partial charge in [-0.15, -0.1) is 0 Å². The standard InChI is InChI=1S/C19H20N4O3/c1-23-17-4-3-15(10-14(17)12-21-23)22-19(24)13-2-5-18(20-11-13)26-16-6-8-25-9-7-16/h2-5,10-12,16H,6-9H2,1H3,(H,22,24). The van der Waals surface area contributed by atoms with Crippen molar-refractivity contribution in [2.45, 2.75) is 18.9 Å². The van der Waals surface area contributed by atoms with E-state index in [0.29, 0.717) is 24.7 Å². The second-order valence-corrected chi connectivity index (χ2v) is 6.31. The number of rotatable bonds is 4. The molecule has 1 aliphatic heterocycles. The van der Waals surface area contributed by atoms with E-state index >= 15 is 0 Å². The summed E-state index contributed by atoms with van der Waals surface area (Å²) >= 11 is 0. The Balaban J connectivity index is 1.41. The monoisotopic (exact) mass is 352 g/mol. The number of ether oxygens (including phenoxy) is 2. The van der Waals surface area contributed by atoms with Gasteiger partial charge < -0.3 is 14.8 Å². The molecule has 0 bridgehead atoms. The van der Waals surface area contributed by atoms with Crippen molar-refractivity contribution >= 4 is 22.5 Å². The van der Waals surface area contributed by atoms with Gasteiger partial charge in [0.15, 0.2) is 0 Å². The summed E-state index contributed by atoms with van der Waals surface area (Å²) < 4.78 is 12.9. The SMILES string of the molecule is Cn1ncc2cc(NC(=O)c3ccc(OC4CCOCC4)nc3)ccc21. The average Bonchev–Trinajstić information content (AvgIpc) is 3.03. The van der Waals surface area contributed by atoms with Crippen LogP contribution in [0.4, 0.5) is 5.69 Å². The van der Waals surface area contributed by atoms with E-state index in [1.165, 1.54) is 6.20 Å². The first-order chi connectivity index (χ1) is 12.7. The third-order valence-corrected chi connectivity index (χ3v) is 4.46. The molecule has 1 amide bonds. The number of aryl methyl sites for hydroxylation is 1. The lowest BCUT2D eigenvalue weighted by atomic mass is 10.1. The van der Waals surface area contributed by atoms with Crippen LogP contribution < -0.4 is 10.1 Å². The molecule has 0 spiro atoms. The Morgan fingerprint density at radius 2 is 2.08 bits per heavy atom. The van der Waals surface area contributed by atoms with Gasteiger partial charge in [-0.05, 0) is 24.3 Å². The van der Waals surface area contributed by atoms with E-state index in [0.717, 1.165) is 29.4 Å². The summed E-state index contributed by atoms with van der Waals surface area (Å²) in [5.74, 6) is 0.323. The second-order valence-electron chi connectivity index (χ2n) is 6.31. The molecular weight excluding hydrogens is 332 g/mol. The van der Waals surface area contributed by atoms with Gasteiger partial charge in [-0.3, -0.25) is 9.48 Å². The summed E-state index contributed by atoms with van der Waals surface area (Å²) in [5, 5.41) is 8.07. The predicted octanol–water partition coefficient (Wildman–Crippen LogP) is 2.78. The van der Waals surface area contributed by atoms with E-state index in [1.807, 2.05) is 25.2 Å². The van der Waals surface area contributed by atoms with Crippen LogP contribution in [0.2, 0.25) is 0 Å². The van der Waals surface area contributed by atoms with Gasteiger partial charge in [0.2, 0.25) is 5.88 Å². The minimum atomic E-state index is -0.210. The average molecular weight is 352 g/mol. The molecule has 26 heavy (non-hydrogen) atoms. The summed E-state index contributed by atoms with van der Waals surface area (Å²) in [4.78, 5) is 16.7. The number of aromatic nitrogens is 3. The molecule has 3 aromatic rings. The second kappa shape index (κ2) is 7.13. The number of benzene rings is 1. The molecule has 4 rings (SSSR count). The number of carbonyl (C=O) groups excluding carboxylic acids is 1. The quantitative estimate of drug-likeness (QED) is 0.781. The molecule has 1 saturated heterocycles. The first kappa shape index (κ1) is 16.5. The molecule has 0 saturated carbocycles. The fourth-order valence-corrected chi connectivity index (χ4v) is 2.99. The number of pyridine rings is 1. The number of hydrogen-bond donors (Lipinski definition) is 1. The van der Waals surface area contributed by atoms with Crippen LogP contribution in [0.5, 0.6) is 5.88 Å². The molecule has 1 aromatic carbocycles. The molecule has 2 aromatic heterocycles. The molecule has 0 aliphatic carbocycles. The first-order valence-corrected chi connectivity index (χ1v) is 8.62. The van der Waals surface area contributed by atoms with Crippen LogP contribution in [0.25, 0.3) is 10.9 Å². The maximum absolute atomic E-state index is 12.4. The van der Waals surface area contributed by atoms with Crippen LogP contribution in [0.3, 0.4) is 0 Å². The van der Waals surface area contributed by atoms with Crippen LogP contribution in [0.15, 0.2) is 42.7 Å². The third-order valence-electron chi connectivity index (χ3n) is 4.46. The van der Waals surface area contributed by atoms with Crippen molar-refractivity contribution in [3.05, 3.63) is 48.3 Å². The van der Waals surface area contributed by atoms with Crippen molar-refractivity contribution in [3.63, 3.8) is 0 Å². The van der Waals surface area contributed by atoms with Crippen LogP contribution in [-0.4, -0.2) is 40.0 Å². The van der Waals surface area contributed by atoms with Crippen molar-refractivity contribution in [1.29, 1.82) is 0 Å². The van der Waals surface area contributed by atoms with E-state index in [-0.39, 0.29) is 12.0 Å². The Morgan fingerprint density at radius 3 is 2.85 bits per heavy atom. The first-order valence-electron chi connectivity index (χ1n) is 8.62. The van der Waals surface area contributed by atoms with Crippen molar-refractivity contribution in [2.75, 3.05) is 18.5 Å². The Morgan fingerprint density at radius 1 is 1.23 bits per heavy atom. The molecule has 1 fully saturated rings. The molecule has 7 heteroatoms. The van der Waals surface area contributed by atoms with Crippen molar-refractivity contribution in [1.82, 2.24) is 14.8 Å². The zero-order valence-corrected chi connectivity index (χ0v) is 14.5. The van der Waals surface area contributed by atoms with E-state index < -0.39 is 0 Å². The molecule has 0 radical (unpaired) electrons. The number of hydrogen-bond acceptors (Lipinski definition) is 5. The molecule has 3 heterocycles. The highest BCUT2D eigenvalue weighted by Gasteiger charge is 2.16. The fourth-order valence-electron chi connectivity index (χ4n) is 2.99. The molecule has 7 nitrogen and oxygen atoms in total. The van der Waals surface area contributed by atoms with Gasteiger partial charge in [-0.1, -0.05) is 0 Å². The van der Waals surface area contributed by atoms with Crippen molar-refractivity contribution in [2.24, 2.45) is 7.05 Å². The van der Waals surface area contributed by atoms with Gasteiger partial charge in [0.1, 0.15) is 6.10 Å². The summed E-state index contributed by atoms with van der Waals surface area (Å²) in [6.45, 7) is 1.43. The third kappa shape index (κ3) is 3.52. The van der Waals surface area contributed by atoms with Crippen molar-refractivity contribution in [3.8, 4) is 5.88 Å². The van der Waals surface area contributed by atoms with Gasteiger partial charge in [0.05, 0.1) is 30.5 Å². The van der Waals surface area contributed by atoms with E-state index in [4.69, 9.17) is 9.47 Å². The van der Waals surface area contributed by atoms with Gasteiger partial charge >= 0.3 is 0 Å². The summed E-state index contributed by atoms with van der Waals surface area (Å²) in [6.07, 6.45) is 5.16. The zero-order valence-electron chi connectivity index (χ0n) is 14.5. The Hall–Kier alpha value is -2.93. The number of fused-ring (bicyclic) bond motifs is 1. The fraction of sp³-hybridized carbons (Fsp3) is 0.316. The number of carbonyl (C=O) groups is 1. The zero-order chi connectivity index (χ0) is 17.9. The Kier molecular flexibility index (Phi) is 4.53. The predicted molar refractivity (Wildman–Crippen MR) is 97.4 cm³/mol. The maximum atomic E-state index is 12.4. The lowest BCUT2D eigenvalue weighted by Gasteiger charge is -2.22. The lowest BCUT2D eigenvalue weighted by molar-refractivity contribution is 0.0237. The molecule has 1 aliphatic rings. The largest absolute Gasteiger partial charge is 0.474 e. The highest BCUT2D eigenvalue weighted by molar-refractivity contribution is 6.04. The minimum Gasteiger partial charge on any atom is -0.474 e. The molecule has 0 atom stereocenters. The van der Waals surface area contributed by atoms with Crippen LogP contribution in [0.1, 0.15) is 23.2 Å². The molecule has 1 N–H and O–H groups in total. The molecule has 0 unspecified atom stereocenters. The van der Waals surface area contributed by atoms with E-state index in [2.05, 4.69) is 15.4 Å². The van der Waals surface area contributed by atoms with Crippen LogP contribution in [0, 0.1) is 0 Å². The van der Waals surface area contributed by atoms with Gasteiger partial charge in [0.25, 0.3) is 5.91 Å². The van der Waals surface area contributed by atoms with Crippen LogP contribution >= 0.6 is 0 Å². The topological polar surface area (TPSA) is 78.3 Å². The number of anilines is 1. The lowest BCUT2D eigenvalue weighted by Crippen LogP contribution is -2.26. The number of nitrogens with one attached hydrogen (secondary N) is 1. The number of nitrogens with zero attached hydrogens (tertiary/aromatic N) is 3. The van der Waals surface area contributed by atoms with Crippen LogP contribution in [-0.2, 0) is 11.8 Å².